The van der Waals surface area contributed by atoms with Gasteiger partial charge in [0.25, 0.3) is 0 Å². The number of aldehydes is 1. The summed E-state index contributed by atoms with van der Waals surface area (Å²) in [5, 5.41) is 0. The van der Waals surface area contributed by atoms with E-state index in [0.29, 0.717) is 6.32 Å². The molecule has 0 aliphatic rings. The molecule has 0 saturated carbocycles. The van der Waals surface area contributed by atoms with Crippen LogP contribution in [0.1, 0.15) is 5.56 Å². The molecule has 1 rings (SSSR count). The fourth-order valence-electron chi connectivity index (χ4n) is 0.932. The highest BCUT2D eigenvalue weighted by Gasteiger charge is 1.91. The number of benzene rings is 1. The molecular weight excluding hydrogens is 135 g/mol. The third-order valence-electron chi connectivity index (χ3n) is 1.49. The maximum absolute atomic E-state index is 9.96. The van der Waals surface area contributed by atoms with Crippen molar-refractivity contribution in [1.82, 2.24) is 0 Å². The van der Waals surface area contributed by atoms with Crippen LogP contribution in [0.15, 0.2) is 30.3 Å². The van der Waals surface area contributed by atoms with E-state index in [-0.39, 0.29) is 0 Å². The number of hydrogen-bond donors (Lipinski definition) is 0. The fourth-order valence-corrected chi connectivity index (χ4v) is 0.932. The van der Waals surface area contributed by atoms with Crippen molar-refractivity contribution >= 4 is 13.6 Å². The van der Waals surface area contributed by atoms with E-state index in [2.05, 4.69) is 12.1 Å². The molecule has 11 heavy (non-hydrogen) atoms. The van der Waals surface area contributed by atoms with Crippen molar-refractivity contribution in [2.75, 3.05) is 0 Å². The maximum atomic E-state index is 9.96. The van der Waals surface area contributed by atoms with E-state index in [1.165, 1.54) is 5.56 Å². The Balaban J connectivity index is 2.33. The van der Waals surface area contributed by atoms with E-state index < -0.39 is 0 Å². The standard InChI is InChI=1S/C9H10BO/c11-7-6-10-8-9-4-2-1-3-5-9/h1-5,7H,6,8H2. The Kier molecular flexibility index (Phi) is 3.46. The van der Waals surface area contributed by atoms with Crippen molar-refractivity contribution < 1.29 is 4.79 Å². The summed E-state index contributed by atoms with van der Waals surface area (Å²) in [6.07, 6.45) is 2.36. The van der Waals surface area contributed by atoms with Crippen molar-refractivity contribution in [2.24, 2.45) is 0 Å². The number of rotatable bonds is 4. The van der Waals surface area contributed by atoms with Gasteiger partial charge in [0.2, 0.25) is 0 Å². The van der Waals surface area contributed by atoms with E-state index in [1.54, 1.807) is 0 Å². The summed E-state index contributed by atoms with van der Waals surface area (Å²) in [4.78, 5) is 9.96. The average Bonchev–Trinajstić information content (AvgIpc) is 2.07. The Morgan fingerprint density at radius 3 is 2.64 bits per heavy atom. The zero-order valence-electron chi connectivity index (χ0n) is 6.36. The van der Waals surface area contributed by atoms with Gasteiger partial charge in [0, 0.05) is 0 Å². The Labute approximate surface area is 67.7 Å². The van der Waals surface area contributed by atoms with Crippen LogP contribution < -0.4 is 0 Å². The molecule has 55 valence electrons. The first-order chi connectivity index (χ1) is 5.43. The van der Waals surface area contributed by atoms with Crippen LogP contribution in [0.25, 0.3) is 0 Å². The third-order valence-corrected chi connectivity index (χ3v) is 1.49. The molecule has 0 fully saturated rings. The molecular formula is C9H10BO. The van der Waals surface area contributed by atoms with Gasteiger partial charge in [-0.15, -0.1) is 0 Å². The summed E-state index contributed by atoms with van der Waals surface area (Å²) in [7, 11) is 1.97. The first-order valence-corrected chi connectivity index (χ1v) is 3.72. The topological polar surface area (TPSA) is 17.1 Å². The van der Waals surface area contributed by atoms with Crippen LogP contribution in [0, 0.1) is 0 Å². The van der Waals surface area contributed by atoms with E-state index in [0.717, 1.165) is 12.6 Å². The molecule has 0 N–H and O–H groups in total. The van der Waals surface area contributed by atoms with Crippen molar-refractivity contribution in [2.45, 2.75) is 12.6 Å². The lowest BCUT2D eigenvalue weighted by Crippen LogP contribution is -1.95. The van der Waals surface area contributed by atoms with Crippen molar-refractivity contribution in [1.29, 1.82) is 0 Å². The molecule has 0 atom stereocenters. The molecule has 2 heteroatoms. The highest BCUT2D eigenvalue weighted by molar-refractivity contribution is 6.39. The van der Waals surface area contributed by atoms with Gasteiger partial charge in [0.1, 0.15) is 13.6 Å². The zero-order chi connectivity index (χ0) is 7.94. The van der Waals surface area contributed by atoms with E-state index in [1.807, 2.05) is 25.5 Å². The highest BCUT2D eigenvalue weighted by Crippen LogP contribution is 1.98. The first-order valence-electron chi connectivity index (χ1n) is 3.72. The Bertz CT molecular complexity index is 208. The van der Waals surface area contributed by atoms with Gasteiger partial charge in [-0.3, -0.25) is 0 Å². The molecule has 0 unspecified atom stereocenters. The molecule has 0 spiro atoms. The summed E-state index contributed by atoms with van der Waals surface area (Å²) in [6.45, 7) is 0. The molecule has 1 aromatic carbocycles. The predicted molar refractivity (Wildman–Crippen MR) is 46.8 cm³/mol. The monoisotopic (exact) mass is 145 g/mol. The predicted octanol–water partition coefficient (Wildman–Crippen LogP) is 1.51. The summed E-state index contributed by atoms with van der Waals surface area (Å²) in [6, 6.07) is 10.1. The van der Waals surface area contributed by atoms with Crippen molar-refractivity contribution in [3.8, 4) is 0 Å². The van der Waals surface area contributed by atoms with Gasteiger partial charge >= 0.3 is 0 Å². The minimum Gasteiger partial charge on any atom is -0.304 e. The lowest BCUT2D eigenvalue weighted by atomic mass is 9.69. The SMILES string of the molecule is O=CC[B]Cc1ccccc1. The second-order valence-corrected chi connectivity index (χ2v) is 2.38. The first kappa shape index (κ1) is 8.06. The van der Waals surface area contributed by atoms with Crippen molar-refractivity contribution in [3.63, 3.8) is 0 Å². The summed E-state index contributed by atoms with van der Waals surface area (Å²) in [5.41, 5.74) is 1.26. The molecule has 0 aliphatic heterocycles. The van der Waals surface area contributed by atoms with Gasteiger partial charge in [-0.05, 0) is 6.32 Å². The average molecular weight is 145 g/mol. The van der Waals surface area contributed by atoms with Crippen LogP contribution in [-0.2, 0) is 11.1 Å². The van der Waals surface area contributed by atoms with Crippen molar-refractivity contribution in [3.05, 3.63) is 35.9 Å². The van der Waals surface area contributed by atoms with E-state index in [9.17, 15) is 4.79 Å². The Morgan fingerprint density at radius 1 is 1.27 bits per heavy atom. The van der Waals surface area contributed by atoms with Gasteiger partial charge in [-0.2, -0.15) is 0 Å². The quantitative estimate of drug-likeness (QED) is 0.356. The molecule has 0 aliphatic carbocycles. The fraction of sp³-hybridized carbons (Fsp3) is 0.222. The largest absolute Gasteiger partial charge is 0.304 e. The van der Waals surface area contributed by atoms with Crippen LogP contribution in [0.4, 0.5) is 0 Å². The molecule has 1 aromatic rings. The second-order valence-electron chi connectivity index (χ2n) is 2.38. The summed E-state index contributed by atoms with van der Waals surface area (Å²) >= 11 is 0. The normalized spacial score (nSPS) is 9.09. The van der Waals surface area contributed by atoms with Crippen LogP contribution in [0.2, 0.25) is 6.32 Å². The summed E-state index contributed by atoms with van der Waals surface area (Å²) in [5.74, 6) is 0. The minimum atomic E-state index is 0.550. The number of carbonyl (C=O) groups excluding carboxylic acids is 1. The maximum Gasteiger partial charge on any atom is 0.124 e. The smallest absolute Gasteiger partial charge is 0.124 e. The van der Waals surface area contributed by atoms with Crippen LogP contribution in [-0.4, -0.2) is 13.6 Å². The Morgan fingerprint density at radius 2 is 2.00 bits per heavy atom. The minimum absolute atomic E-state index is 0.550. The number of carbonyl (C=O) groups is 1. The number of hydrogen-bond acceptors (Lipinski definition) is 1. The van der Waals surface area contributed by atoms with Gasteiger partial charge in [-0.25, -0.2) is 0 Å². The molecule has 1 radical (unpaired) electrons. The lowest BCUT2D eigenvalue weighted by Gasteiger charge is -1.94. The second kappa shape index (κ2) is 4.72. The molecule has 0 saturated heterocycles. The van der Waals surface area contributed by atoms with Crippen LogP contribution >= 0.6 is 0 Å². The summed E-state index contributed by atoms with van der Waals surface area (Å²) < 4.78 is 0. The van der Waals surface area contributed by atoms with E-state index in [4.69, 9.17) is 0 Å². The van der Waals surface area contributed by atoms with E-state index >= 15 is 0 Å². The van der Waals surface area contributed by atoms with Crippen LogP contribution in [0.5, 0.6) is 0 Å². The molecule has 0 amide bonds. The molecule has 1 nitrogen and oxygen atoms in total. The molecule has 0 heterocycles. The Hall–Kier alpha value is -1.05. The van der Waals surface area contributed by atoms with Gasteiger partial charge in [-0.1, -0.05) is 42.2 Å². The van der Waals surface area contributed by atoms with Gasteiger partial charge in [0.15, 0.2) is 0 Å². The lowest BCUT2D eigenvalue weighted by molar-refractivity contribution is -0.106. The molecule has 0 bridgehead atoms. The highest BCUT2D eigenvalue weighted by atomic mass is 16.1. The van der Waals surface area contributed by atoms with Crippen LogP contribution in [0.3, 0.4) is 0 Å². The van der Waals surface area contributed by atoms with Gasteiger partial charge < -0.3 is 4.79 Å². The van der Waals surface area contributed by atoms with Gasteiger partial charge in [0.05, 0.1) is 0 Å². The molecule has 0 aromatic heterocycles. The zero-order valence-corrected chi connectivity index (χ0v) is 6.36. The third kappa shape index (κ3) is 3.03.